The average molecular weight is 443 g/mol. The number of hydrogen-bond acceptors (Lipinski definition) is 7. The van der Waals surface area contributed by atoms with Crippen LogP contribution in [0.25, 0.3) is 22.6 Å². The van der Waals surface area contributed by atoms with Crippen molar-refractivity contribution in [2.24, 2.45) is 0 Å². The molecule has 3 heterocycles. The molecule has 0 saturated heterocycles. The first-order valence-corrected chi connectivity index (χ1v) is 10.7. The van der Waals surface area contributed by atoms with Gasteiger partial charge >= 0.3 is 0 Å². The largest absolute Gasteiger partial charge is 0.429 e. The Kier molecular flexibility index (Phi) is 5.16. The van der Waals surface area contributed by atoms with Gasteiger partial charge in [-0.2, -0.15) is 0 Å². The van der Waals surface area contributed by atoms with Crippen molar-refractivity contribution in [1.82, 2.24) is 24.9 Å². The number of rotatable bonds is 5. The van der Waals surface area contributed by atoms with Crippen LogP contribution in [0.4, 0.5) is 5.82 Å². The number of carbonyl (C=O) groups excluding carboxylic acids is 1. The molecule has 2 N–H and O–H groups in total. The van der Waals surface area contributed by atoms with E-state index in [1.807, 2.05) is 62.4 Å². The van der Waals surface area contributed by atoms with Gasteiger partial charge in [0.15, 0.2) is 22.3 Å². The summed E-state index contributed by atoms with van der Waals surface area (Å²) in [4.78, 5) is 33.9. The maximum Gasteiger partial charge on any atom is 0.280 e. The molecule has 2 aromatic carbocycles. The zero-order valence-corrected chi connectivity index (χ0v) is 18.1. The minimum atomic E-state index is -0.434. The SMILES string of the molecule is Cc1ccc(Sc2oc(-c3ccc(C)cc3)nc2C(=O)Nc2ncnc3nc[nH]c23)cc1. The summed E-state index contributed by atoms with van der Waals surface area (Å²) in [6.07, 6.45) is 2.85. The highest BCUT2D eigenvalue weighted by Crippen LogP contribution is 2.35. The molecule has 0 spiro atoms. The van der Waals surface area contributed by atoms with E-state index in [-0.39, 0.29) is 5.69 Å². The Labute approximate surface area is 187 Å². The maximum absolute atomic E-state index is 13.2. The van der Waals surface area contributed by atoms with E-state index in [0.29, 0.717) is 28.0 Å². The van der Waals surface area contributed by atoms with E-state index in [2.05, 4.69) is 30.2 Å². The molecule has 0 radical (unpaired) electrons. The smallest absolute Gasteiger partial charge is 0.280 e. The van der Waals surface area contributed by atoms with Gasteiger partial charge in [0.1, 0.15) is 11.8 Å². The van der Waals surface area contributed by atoms with Crippen LogP contribution < -0.4 is 5.32 Å². The fraction of sp³-hybridized carbons (Fsp3) is 0.0870. The molecule has 0 unspecified atom stereocenters. The van der Waals surface area contributed by atoms with Gasteiger partial charge in [0, 0.05) is 10.5 Å². The fourth-order valence-electron chi connectivity index (χ4n) is 3.08. The third-order valence-electron chi connectivity index (χ3n) is 4.80. The zero-order valence-electron chi connectivity index (χ0n) is 17.3. The van der Waals surface area contributed by atoms with Gasteiger partial charge in [0.25, 0.3) is 5.91 Å². The van der Waals surface area contributed by atoms with Crippen molar-refractivity contribution in [3.8, 4) is 11.5 Å². The first-order chi connectivity index (χ1) is 15.6. The van der Waals surface area contributed by atoms with E-state index >= 15 is 0 Å². The van der Waals surface area contributed by atoms with Gasteiger partial charge in [-0.1, -0.05) is 35.4 Å². The summed E-state index contributed by atoms with van der Waals surface area (Å²) in [5.74, 6) is 0.263. The number of imidazole rings is 1. The van der Waals surface area contributed by atoms with Gasteiger partial charge in [-0.05, 0) is 49.9 Å². The summed E-state index contributed by atoms with van der Waals surface area (Å²) in [6.45, 7) is 4.03. The summed E-state index contributed by atoms with van der Waals surface area (Å²) < 4.78 is 6.04. The van der Waals surface area contributed by atoms with Gasteiger partial charge in [0.05, 0.1) is 6.33 Å². The van der Waals surface area contributed by atoms with Crippen molar-refractivity contribution in [2.75, 3.05) is 5.32 Å². The lowest BCUT2D eigenvalue weighted by atomic mass is 10.1. The predicted molar refractivity (Wildman–Crippen MR) is 122 cm³/mol. The molecule has 1 amide bonds. The number of hydrogen-bond donors (Lipinski definition) is 2. The Bertz CT molecular complexity index is 1410. The average Bonchev–Trinajstić information content (AvgIpc) is 3.44. The van der Waals surface area contributed by atoms with Crippen molar-refractivity contribution >= 4 is 34.7 Å². The Morgan fingerprint density at radius 1 is 0.969 bits per heavy atom. The summed E-state index contributed by atoms with van der Waals surface area (Å²) in [6, 6.07) is 15.8. The van der Waals surface area contributed by atoms with Crippen LogP contribution in [-0.2, 0) is 0 Å². The normalized spacial score (nSPS) is 11.1. The molecule has 5 rings (SSSR count). The second kappa shape index (κ2) is 8.27. The topological polar surface area (TPSA) is 110 Å². The molecule has 0 saturated carbocycles. The number of benzene rings is 2. The molecule has 0 bridgehead atoms. The van der Waals surface area contributed by atoms with E-state index in [9.17, 15) is 4.79 Å². The molecule has 0 aliphatic rings. The standard InChI is InChI=1S/C23H18N6O2S/c1-13-3-7-15(8-4-13)22-28-18(23(31-22)32-16-9-5-14(2)6-10-16)21(30)29-20-17-19(25-11-24-17)26-12-27-20/h3-12H,1-2H3,(H2,24,25,26,27,29,30). The summed E-state index contributed by atoms with van der Waals surface area (Å²) in [5.41, 5.74) is 4.24. The van der Waals surface area contributed by atoms with E-state index < -0.39 is 5.91 Å². The molecule has 0 atom stereocenters. The van der Waals surface area contributed by atoms with Crippen LogP contribution in [0.2, 0.25) is 0 Å². The lowest BCUT2D eigenvalue weighted by molar-refractivity contribution is 0.101. The van der Waals surface area contributed by atoms with Gasteiger partial charge in [-0.25, -0.2) is 19.9 Å². The number of H-pyrrole nitrogens is 1. The molecule has 8 nitrogen and oxygen atoms in total. The number of fused-ring (bicyclic) bond motifs is 1. The van der Waals surface area contributed by atoms with Crippen molar-refractivity contribution in [1.29, 1.82) is 0 Å². The number of aromatic amines is 1. The Morgan fingerprint density at radius 3 is 2.44 bits per heavy atom. The Hall–Kier alpha value is -3.98. The molecule has 0 aliphatic carbocycles. The molecule has 3 aromatic heterocycles. The quantitative estimate of drug-likeness (QED) is 0.393. The number of aromatic nitrogens is 5. The fourth-order valence-corrected chi connectivity index (χ4v) is 3.92. The number of aryl methyl sites for hydroxylation is 2. The van der Waals surface area contributed by atoms with E-state index in [1.54, 1.807) is 0 Å². The van der Waals surface area contributed by atoms with Gasteiger partial charge in [-0.15, -0.1) is 0 Å². The third-order valence-corrected chi connectivity index (χ3v) is 5.77. The summed E-state index contributed by atoms with van der Waals surface area (Å²) >= 11 is 1.34. The van der Waals surface area contributed by atoms with E-state index in [0.717, 1.165) is 21.6 Å². The van der Waals surface area contributed by atoms with Crippen LogP contribution in [0.3, 0.4) is 0 Å². The van der Waals surface area contributed by atoms with Crippen LogP contribution in [0.15, 0.2) is 75.6 Å². The Balaban J connectivity index is 1.52. The minimum Gasteiger partial charge on any atom is -0.429 e. The molecule has 5 aromatic rings. The van der Waals surface area contributed by atoms with Crippen molar-refractivity contribution in [3.63, 3.8) is 0 Å². The molecule has 0 aliphatic heterocycles. The number of carbonyl (C=O) groups is 1. The lowest BCUT2D eigenvalue weighted by Crippen LogP contribution is -2.15. The third kappa shape index (κ3) is 3.97. The van der Waals surface area contributed by atoms with Crippen molar-refractivity contribution in [2.45, 2.75) is 23.8 Å². The molecule has 32 heavy (non-hydrogen) atoms. The summed E-state index contributed by atoms with van der Waals surface area (Å²) in [5, 5.41) is 3.20. The second-order valence-corrected chi connectivity index (χ2v) is 8.26. The van der Waals surface area contributed by atoms with Crippen molar-refractivity contribution < 1.29 is 9.21 Å². The second-order valence-electron chi connectivity index (χ2n) is 7.21. The predicted octanol–water partition coefficient (Wildman–Crippen LogP) is 5.03. The molecular formula is C23H18N6O2S. The molecule has 9 heteroatoms. The molecule has 0 fully saturated rings. The van der Waals surface area contributed by atoms with E-state index in [1.165, 1.54) is 24.4 Å². The van der Waals surface area contributed by atoms with Crippen LogP contribution in [0.1, 0.15) is 21.6 Å². The highest BCUT2D eigenvalue weighted by atomic mass is 32.2. The van der Waals surface area contributed by atoms with Crippen molar-refractivity contribution in [3.05, 3.63) is 78.0 Å². The van der Waals surface area contributed by atoms with Crippen LogP contribution in [0.5, 0.6) is 0 Å². The minimum absolute atomic E-state index is 0.178. The number of nitrogens with one attached hydrogen (secondary N) is 2. The maximum atomic E-state index is 13.2. The van der Waals surface area contributed by atoms with Crippen LogP contribution in [0, 0.1) is 13.8 Å². The number of anilines is 1. The first kappa shape index (κ1) is 20.0. The zero-order chi connectivity index (χ0) is 22.1. The monoisotopic (exact) mass is 442 g/mol. The van der Waals surface area contributed by atoms with Gasteiger partial charge in [-0.3, -0.25) is 4.79 Å². The van der Waals surface area contributed by atoms with Crippen LogP contribution in [-0.4, -0.2) is 30.8 Å². The lowest BCUT2D eigenvalue weighted by Gasteiger charge is -2.04. The molecule has 158 valence electrons. The van der Waals surface area contributed by atoms with E-state index in [4.69, 9.17) is 4.42 Å². The number of nitrogens with zero attached hydrogens (tertiary/aromatic N) is 4. The van der Waals surface area contributed by atoms with Gasteiger partial charge in [0.2, 0.25) is 5.89 Å². The number of oxazole rings is 1. The first-order valence-electron chi connectivity index (χ1n) is 9.84. The molecular weight excluding hydrogens is 424 g/mol. The Morgan fingerprint density at radius 2 is 1.69 bits per heavy atom. The van der Waals surface area contributed by atoms with Crippen LogP contribution >= 0.6 is 11.8 Å². The van der Waals surface area contributed by atoms with Gasteiger partial charge < -0.3 is 14.7 Å². The summed E-state index contributed by atoms with van der Waals surface area (Å²) in [7, 11) is 0. The highest BCUT2D eigenvalue weighted by Gasteiger charge is 2.23. The highest BCUT2D eigenvalue weighted by molar-refractivity contribution is 7.99. The number of amides is 1.